The van der Waals surface area contributed by atoms with Gasteiger partial charge in [0.25, 0.3) is 0 Å². The first-order valence-electron chi connectivity index (χ1n) is 14.5. The fourth-order valence-corrected chi connectivity index (χ4v) is 7.49. The number of carbonyl (C=O) groups excluding carboxylic acids is 1. The molecule has 1 aromatic carbocycles. The second-order valence-electron chi connectivity index (χ2n) is 11.7. The fourth-order valence-electron chi connectivity index (χ4n) is 7.49. The van der Waals surface area contributed by atoms with Gasteiger partial charge in [0, 0.05) is 0 Å². The van der Waals surface area contributed by atoms with E-state index in [4.69, 9.17) is 4.74 Å². The van der Waals surface area contributed by atoms with Gasteiger partial charge >= 0.3 is 12.6 Å². The third-order valence-electron chi connectivity index (χ3n) is 9.45. The third kappa shape index (κ3) is 7.20. The van der Waals surface area contributed by atoms with E-state index in [1.165, 1.54) is 57.8 Å². The van der Waals surface area contributed by atoms with Gasteiger partial charge in [-0.2, -0.15) is 17.6 Å². The van der Waals surface area contributed by atoms with E-state index in [9.17, 15) is 22.4 Å². The summed E-state index contributed by atoms with van der Waals surface area (Å²) in [6, 6.07) is 1.84. The molecule has 1 aromatic rings. The lowest BCUT2D eigenvalue weighted by Crippen LogP contribution is -2.40. The summed E-state index contributed by atoms with van der Waals surface area (Å²) in [7, 11) is 0. The Kier molecular flexibility index (Phi) is 10.2. The second kappa shape index (κ2) is 13.3. The van der Waals surface area contributed by atoms with E-state index in [1.807, 2.05) is 0 Å². The topological polar surface area (TPSA) is 35.5 Å². The largest absolute Gasteiger partial charge is 0.432 e. The van der Waals surface area contributed by atoms with E-state index in [0.717, 1.165) is 62.0 Å². The van der Waals surface area contributed by atoms with Gasteiger partial charge in [0.2, 0.25) is 11.6 Å². The lowest BCUT2D eigenvalue weighted by molar-refractivity contribution is -0.144. The minimum atomic E-state index is -3.28. The zero-order valence-electron chi connectivity index (χ0n) is 22.0. The number of hydrogen-bond acceptors (Lipinski definition) is 3. The van der Waals surface area contributed by atoms with Crippen molar-refractivity contribution in [2.45, 2.75) is 110 Å². The maximum atomic E-state index is 14.4. The van der Waals surface area contributed by atoms with Crippen molar-refractivity contribution in [1.82, 2.24) is 0 Å². The Morgan fingerprint density at radius 3 is 2.30 bits per heavy atom. The molecule has 0 amide bonds. The number of fused-ring (bicyclic) bond motifs is 1. The van der Waals surface area contributed by atoms with Crippen molar-refractivity contribution in [3.05, 3.63) is 23.8 Å². The van der Waals surface area contributed by atoms with Crippen LogP contribution in [0.1, 0.15) is 103 Å². The quantitative estimate of drug-likeness (QED) is 0.132. The first-order valence-corrected chi connectivity index (χ1v) is 14.5. The third-order valence-corrected chi connectivity index (χ3v) is 9.45. The first-order chi connectivity index (χ1) is 17.9. The van der Waals surface area contributed by atoms with Crippen LogP contribution in [-0.4, -0.2) is 12.6 Å². The smallest absolute Gasteiger partial charge is 0.387 e. The summed E-state index contributed by atoms with van der Waals surface area (Å²) in [5.41, 5.74) is 0. The molecule has 3 fully saturated rings. The lowest BCUT2D eigenvalue weighted by Gasteiger charge is -2.46. The van der Waals surface area contributed by atoms with Gasteiger partial charge in [0.05, 0.1) is 5.92 Å². The summed E-state index contributed by atoms with van der Waals surface area (Å²) in [6.45, 7) is -1.02. The summed E-state index contributed by atoms with van der Waals surface area (Å²) >= 11 is 0. The highest BCUT2D eigenvalue weighted by atomic mass is 19.3. The Morgan fingerprint density at radius 2 is 1.57 bits per heavy atom. The van der Waals surface area contributed by atoms with Crippen LogP contribution in [0.25, 0.3) is 0 Å². The van der Waals surface area contributed by atoms with Crippen LogP contribution in [0.15, 0.2) is 12.1 Å². The average Bonchev–Trinajstić information content (AvgIpc) is 2.90. The molecule has 4 atom stereocenters. The molecule has 37 heavy (non-hydrogen) atoms. The van der Waals surface area contributed by atoms with Gasteiger partial charge < -0.3 is 9.47 Å². The van der Waals surface area contributed by atoms with Gasteiger partial charge in [-0.05, 0) is 80.2 Å². The molecule has 4 rings (SSSR count). The molecule has 0 saturated heterocycles. The predicted molar refractivity (Wildman–Crippen MR) is 134 cm³/mol. The van der Waals surface area contributed by atoms with Crippen LogP contribution >= 0.6 is 0 Å². The molecular weight excluding hydrogens is 484 g/mol. The molecule has 3 nitrogen and oxygen atoms in total. The van der Waals surface area contributed by atoms with Gasteiger partial charge in [-0.15, -0.1) is 0 Å². The summed E-state index contributed by atoms with van der Waals surface area (Å²) in [5.74, 6) is -2.32. The van der Waals surface area contributed by atoms with Crippen molar-refractivity contribution >= 4 is 5.97 Å². The van der Waals surface area contributed by atoms with Crippen LogP contribution in [0.4, 0.5) is 17.6 Å². The zero-order chi connectivity index (χ0) is 26.4. The normalized spacial score (nSPS) is 30.1. The highest BCUT2D eigenvalue weighted by Gasteiger charge is 2.43. The Bertz CT molecular complexity index is 884. The van der Waals surface area contributed by atoms with Crippen LogP contribution in [0, 0.1) is 47.1 Å². The van der Waals surface area contributed by atoms with Gasteiger partial charge in [0.1, 0.15) is 0 Å². The maximum absolute atomic E-state index is 14.4. The van der Waals surface area contributed by atoms with Crippen molar-refractivity contribution in [3.8, 4) is 11.5 Å². The van der Waals surface area contributed by atoms with Crippen LogP contribution in [0.5, 0.6) is 11.5 Å². The monoisotopic (exact) mass is 526 g/mol. The molecule has 3 aliphatic carbocycles. The number of hydrogen-bond donors (Lipinski definition) is 0. The molecule has 0 radical (unpaired) electrons. The number of ether oxygens (including phenoxy) is 2. The van der Waals surface area contributed by atoms with Crippen LogP contribution in [0.2, 0.25) is 0 Å². The number of rotatable bonds is 10. The van der Waals surface area contributed by atoms with Crippen molar-refractivity contribution in [2.75, 3.05) is 0 Å². The van der Waals surface area contributed by atoms with E-state index in [1.54, 1.807) is 0 Å². The molecule has 0 N–H and O–H groups in total. The highest BCUT2D eigenvalue weighted by Crippen LogP contribution is 2.50. The SMILES string of the molecule is CCCCCCC1CCC(C2CCC3C(CCCC3C(=O)Oc3ccc(OC(F)F)c(F)c3F)C2)CC1. The molecule has 0 spiro atoms. The Balaban J connectivity index is 1.29. The lowest BCUT2D eigenvalue weighted by atomic mass is 9.59. The minimum absolute atomic E-state index is 0.210. The van der Waals surface area contributed by atoms with Gasteiger partial charge in [-0.3, -0.25) is 4.79 Å². The van der Waals surface area contributed by atoms with Crippen LogP contribution < -0.4 is 9.47 Å². The molecule has 0 aliphatic heterocycles. The highest BCUT2D eigenvalue weighted by molar-refractivity contribution is 5.75. The van der Waals surface area contributed by atoms with E-state index in [0.29, 0.717) is 12.3 Å². The van der Waals surface area contributed by atoms with Gasteiger partial charge in [-0.1, -0.05) is 64.7 Å². The summed E-state index contributed by atoms with van der Waals surface area (Å²) in [6.07, 6.45) is 18.1. The molecule has 0 aromatic heterocycles. The van der Waals surface area contributed by atoms with Crippen molar-refractivity contribution in [3.63, 3.8) is 0 Å². The Morgan fingerprint density at radius 1 is 0.865 bits per heavy atom. The fraction of sp³-hybridized carbons (Fsp3) is 0.767. The minimum Gasteiger partial charge on any atom is -0.432 e. The predicted octanol–water partition coefficient (Wildman–Crippen LogP) is 9.08. The van der Waals surface area contributed by atoms with Crippen molar-refractivity contribution < 1.29 is 31.8 Å². The average molecular weight is 527 g/mol. The second-order valence-corrected chi connectivity index (χ2v) is 11.7. The summed E-state index contributed by atoms with van der Waals surface area (Å²) in [4.78, 5) is 13.0. The number of benzene rings is 1. The van der Waals surface area contributed by atoms with E-state index >= 15 is 0 Å². The molecular formula is C30H42F4O3. The van der Waals surface area contributed by atoms with Gasteiger partial charge in [0.15, 0.2) is 11.5 Å². The summed E-state index contributed by atoms with van der Waals surface area (Å²) in [5, 5.41) is 0. The number of halogens is 4. The van der Waals surface area contributed by atoms with E-state index < -0.39 is 35.7 Å². The first kappa shape index (κ1) is 28.2. The Hall–Kier alpha value is -1.79. The molecule has 0 heterocycles. The van der Waals surface area contributed by atoms with Crippen molar-refractivity contribution in [1.29, 1.82) is 0 Å². The molecule has 208 valence electrons. The van der Waals surface area contributed by atoms with E-state index in [-0.39, 0.29) is 11.8 Å². The van der Waals surface area contributed by atoms with Gasteiger partial charge in [-0.25, -0.2) is 0 Å². The zero-order valence-corrected chi connectivity index (χ0v) is 22.0. The maximum Gasteiger partial charge on any atom is 0.387 e. The molecule has 4 unspecified atom stereocenters. The number of esters is 1. The van der Waals surface area contributed by atoms with E-state index in [2.05, 4.69) is 11.7 Å². The molecule has 3 aliphatic rings. The standard InChI is InChI=1S/C30H42F4O3/c1-2-3-4-5-7-19-10-12-20(13-11-19)21-14-15-23-22(18-21)8-6-9-24(23)29(35)36-25-16-17-26(37-30(33)34)28(32)27(25)31/h16-17,19-24,30H,2-15,18H2,1H3. The van der Waals surface area contributed by atoms with Crippen molar-refractivity contribution in [2.24, 2.45) is 35.5 Å². The Labute approximate surface area is 218 Å². The molecule has 0 bridgehead atoms. The number of unbranched alkanes of at least 4 members (excludes halogenated alkanes) is 3. The summed E-state index contributed by atoms with van der Waals surface area (Å²) < 4.78 is 62.5. The number of alkyl halides is 2. The molecule has 3 saturated carbocycles. The molecule has 7 heteroatoms. The van der Waals surface area contributed by atoms with Crippen LogP contribution in [-0.2, 0) is 4.79 Å². The van der Waals surface area contributed by atoms with Crippen LogP contribution in [0.3, 0.4) is 0 Å². The number of carbonyl (C=O) groups is 1.